The molecule has 12 nitrogen and oxygen atoms in total. The van der Waals surface area contributed by atoms with Crippen molar-refractivity contribution in [2.45, 2.75) is 38.1 Å². The molecule has 2 heterocycles. The molecule has 3 aromatic carbocycles. The molecular weight excluding hydrogens is 682 g/mol. The molecule has 5 aromatic rings. The smallest absolute Gasteiger partial charge is 0.335 e. The van der Waals surface area contributed by atoms with Gasteiger partial charge in [0, 0.05) is 41.7 Å². The molecule has 2 amide bonds. The number of esters is 1. The number of carbonyl (C=O) groups excluding carboxylic acids is 3. The second-order valence-electron chi connectivity index (χ2n) is 12.5. The summed E-state index contributed by atoms with van der Waals surface area (Å²) in [6.45, 7) is 5.38. The largest absolute Gasteiger partial charge is 0.467 e. The van der Waals surface area contributed by atoms with E-state index in [0.717, 1.165) is 35.8 Å². The van der Waals surface area contributed by atoms with E-state index in [1.807, 2.05) is 0 Å². The number of carbonyl (C=O) groups is 3. The first-order valence-electron chi connectivity index (χ1n) is 15.5. The Morgan fingerprint density at radius 2 is 1.65 bits per heavy atom. The third-order valence-corrected chi connectivity index (χ3v) is 8.70. The number of aryl methyl sites for hydroxylation is 1. The van der Waals surface area contributed by atoms with Crippen LogP contribution >= 0.6 is 11.9 Å². The van der Waals surface area contributed by atoms with Gasteiger partial charge >= 0.3 is 11.7 Å². The van der Waals surface area contributed by atoms with Gasteiger partial charge in [0.25, 0.3) is 11.5 Å². The number of pyridine rings is 1. The first kappa shape index (κ1) is 36.5. The normalized spacial score (nSPS) is 11.9. The lowest BCUT2D eigenvalue weighted by molar-refractivity contribution is -0.142. The summed E-state index contributed by atoms with van der Waals surface area (Å²) in [7, 11) is 2.64. The van der Waals surface area contributed by atoms with E-state index < -0.39 is 51.8 Å². The highest BCUT2D eigenvalue weighted by Crippen LogP contribution is 2.27. The summed E-state index contributed by atoms with van der Waals surface area (Å²) in [5.41, 5.74) is -0.800. The van der Waals surface area contributed by atoms with E-state index in [-0.39, 0.29) is 23.7 Å². The van der Waals surface area contributed by atoms with E-state index in [1.165, 1.54) is 42.2 Å². The van der Waals surface area contributed by atoms with Gasteiger partial charge in [-0.15, -0.1) is 0 Å². The van der Waals surface area contributed by atoms with Gasteiger partial charge < -0.3 is 20.1 Å². The molecule has 1 atom stereocenters. The topological polar surface area (TPSA) is 153 Å². The van der Waals surface area contributed by atoms with Crippen LogP contribution in [-0.2, 0) is 27.8 Å². The standard InChI is InChI=1S/C36H34F2N6O6S/c1-36(2,3)34(48)40-21-8-12-23(13-9-21)51-42-28-18-26(37)25(17-27(28)38)31(45)41-29(33(47)50-5)16-20-6-10-22(11-7-20)44-32(46)24-14-15-39-19-30(24)43(4)35(44)49/h6-15,17-19,29,42H,16H2,1-5H3,(H,40,48)(H,41,45). The average Bonchev–Trinajstić information content (AvgIpc) is 3.11. The van der Waals surface area contributed by atoms with E-state index in [9.17, 15) is 24.0 Å². The van der Waals surface area contributed by atoms with Gasteiger partial charge in [-0.25, -0.2) is 22.9 Å². The van der Waals surface area contributed by atoms with E-state index in [4.69, 9.17) is 4.74 Å². The van der Waals surface area contributed by atoms with Gasteiger partial charge in [0.15, 0.2) is 0 Å². The first-order valence-corrected chi connectivity index (χ1v) is 16.4. The Morgan fingerprint density at radius 1 is 0.961 bits per heavy atom. The van der Waals surface area contributed by atoms with Crippen molar-refractivity contribution in [1.82, 2.24) is 19.4 Å². The van der Waals surface area contributed by atoms with Crippen LogP contribution in [0.2, 0.25) is 0 Å². The maximum absolute atomic E-state index is 15.1. The molecule has 0 spiro atoms. The van der Waals surface area contributed by atoms with Crippen LogP contribution in [0, 0.1) is 17.0 Å². The fraction of sp³-hybridized carbons (Fsp3) is 0.222. The number of halogens is 2. The number of methoxy groups -OCH3 is 1. The Labute approximate surface area is 295 Å². The summed E-state index contributed by atoms with van der Waals surface area (Å²) >= 11 is 0.994. The highest BCUT2D eigenvalue weighted by molar-refractivity contribution is 8.00. The van der Waals surface area contributed by atoms with E-state index in [0.29, 0.717) is 27.0 Å². The van der Waals surface area contributed by atoms with Gasteiger partial charge in [-0.1, -0.05) is 32.9 Å². The molecule has 51 heavy (non-hydrogen) atoms. The molecular formula is C36H34F2N6O6S. The van der Waals surface area contributed by atoms with E-state index in [2.05, 4.69) is 20.3 Å². The minimum absolute atomic E-state index is 0.103. The quantitative estimate of drug-likeness (QED) is 0.134. The van der Waals surface area contributed by atoms with Crippen molar-refractivity contribution < 1.29 is 27.9 Å². The van der Waals surface area contributed by atoms with Crippen molar-refractivity contribution in [3.63, 3.8) is 0 Å². The molecule has 0 fully saturated rings. The van der Waals surface area contributed by atoms with Gasteiger partial charge in [0.05, 0.1) is 41.1 Å². The molecule has 0 aliphatic heterocycles. The monoisotopic (exact) mass is 716 g/mol. The Hall–Kier alpha value is -5.83. The van der Waals surface area contributed by atoms with Crippen molar-refractivity contribution >= 4 is 52.0 Å². The summed E-state index contributed by atoms with van der Waals surface area (Å²) in [5.74, 6) is -3.99. The van der Waals surface area contributed by atoms with Crippen LogP contribution in [-0.4, -0.2) is 45.1 Å². The van der Waals surface area contributed by atoms with Crippen LogP contribution < -0.4 is 26.6 Å². The number of fused-ring (bicyclic) bond motifs is 1. The lowest BCUT2D eigenvalue weighted by Crippen LogP contribution is -2.43. The van der Waals surface area contributed by atoms with Gasteiger partial charge in [0.1, 0.15) is 17.7 Å². The third kappa shape index (κ3) is 8.15. The number of amides is 2. The maximum Gasteiger partial charge on any atom is 0.335 e. The molecule has 0 bridgehead atoms. The number of nitrogens with zero attached hydrogens (tertiary/aromatic N) is 3. The summed E-state index contributed by atoms with van der Waals surface area (Å²) in [6, 6.07) is 14.7. The number of ether oxygens (including phenoxy) is 1. The molecule has 0 aliphatic rings. The maximum atomic E-state index is 15.1. The van der Waals surface area contributed by atoms with Crippen LogP contribution in [0.25, 0.3) is 16.6 Å². The minimum atomic E-state index is -1.29. The number of nitrogens with one attached hydrogen (secondary N) is 3. The number of aromatic nitrogens is 3. The van der Waals surface area contributed by atoms with Gasteiger partial charge in [-0.05, 0) is 66.0 Å². The lowest BCUT2D eigenvalue weighted by atomic mass is 9.95. The van der Waals surface area contributed by atoms with Crippen molar-refractivity contribution in [3.05, 3.63) is 123 Å². The molecule has 0 saturated carbocycles. The van der Waals surface area contributed by atoms with Crippen LogP contribution in [0.15, 0.2) is 93.6 Å². The van der Waals surface area contributed by atoms with Gasteiger partial charge in [0.2, 0.25) is 5.91 Å². The molecule has 3 N–H and O–H groups in total. The van der Waals surface area contributed by atoms with E-state index >= 15 is 8.78 Å². The zero-order chi connectivity index (χ0) is 37.0. The second-order valence-corrected chi connectivity index (χ2v) is 13.4. The van der Waals surface area contributed by atoms with Crippen LogP contribution in [0.3, 0.4) is 0 Å². The van der Waals surface area contributed by atoms with Gasteiger partial charge in [-0.3, -0.25) is 23.9 Å². The number of hydrogen-bond donors (Lipinski definition) is 3. The molecule has 15 heteroatoms. The first-order chi connectivity index (χ1) is 24.2. The summed E-state index contributed by atoms with van der Waals surface area (Å²) in [6.07, 6.45) is 2.78. The number of benzene rings is 3. The SMILES string of the molecule is COC(=O)C(Cc1ccc(-n2c(=O)c3ccncc3n(C)c2=O)cc1)NC(=O)c1cc(F)c(NSc2ccc(NC(=O)C(C)(C)C)cc2)cc1F. The highest BCUT2D eigenvalue weighted by Gasteiger charge is 2.26. The Kier molecular flexibility index (Phi) is 10.7. The molecule has 264 valence electrons. The van der Waals surface area contributed by atoms with Crippen LogP contribution in [0.1, 0.15) is 36.7 Å². The number of hydrogen-bond acceptors (Lipinski definition) is 9. The fourth-order valence-corrected chi connectivity index (χ4v) is 5.60. The van der Waals surface area contributed by atoms with E-state index in [1.54, 1.807) is 57.2 Å². The van der Waals surface area contributed by atoms with Crippen molar-refractivity contribution in [3.8, 4) is 5.69 Å². The zero-order valence-corrected chi connectivity index (χ0v) is 29.1. The predicted octanol–water partition coefficient (Wildman–Crippen LogP) is 4.98. The Bertz CT molecular complexity index is 2250. The Morgan fingerprint density at radius 3 is 2.29 bits per heavy atom. The minimum Gasteiger partial charge on any atom is -0.467 e. The number of anilines is 2. The van der Waals surface area contributed by atoms with Crippen LogP contribution in [0.4, 0.5) is 20.2 Å². The Balaban J connectivity index is 1.27. The predicted molar refractivity (Wildman–Crippen MR) is 190 cm³/mol. The molecule has 2 aromatic heterocycles. The van der Waals surface area contributed by atoms with Crippen molar-refractivity contribution in [2.24, 2.45) is 12.5 Å². The summed E-state index contributed by atoms with van der Waals surface area (Å²) in [5, 5.41) is 5.51. The number of rotatable bonds is 10. The second kappa shape index (κ2) is 15.0. The lowest BCUT2D eigenvalue weighted by Gasteiger charge is -2.18. The highest BCUT2D eigenvalue weighted by atomic mass is 32.2. The molecule has 1 unspecified atom stereocenters. The summed E-state index contributed by atoms with van der Waals surface area (Å²) < 4.78 is 40.1. The zero-order valence-electron chi connectivity index (χ0n) is 28.2. The fourth-order valence-electron chi connectivity index (χ4n) is 4.95. The molecule has 0 aliphatic carbocycles. The molecule has 5 rings (SSSR count). The van der Waals surface area contributed by atoms with Gasteiger partial charge in [-0.2, -0.15) is 0 Å². The van der Waals surface area contributed by atoms with Crippen molar-refractivity contribution in [1.29, 1.82) is 0 Å². The average molecular weight is 717 g/mol. The van der Waals surface area contributed by atoms with Crippen molar-refractivity contribution in [2.75, 3.05) is 17.1 Å². The van der Waals surface area contributed by atoms with Crippen LogP contribution in [0.5, 0.6) is 0 Å². The summed E-state index contributed by atoms with van der Waals surface area (Å²) in [4.78, 5) is 68.7. The third-order valence-electron chi connectivity index (χ3n) is 7.87. The molecule has 0 radical (unpaired) electrons. The molecule has 0 saturated heterocycles.